The second kappa shape index (κ2) is 3.59. The molecule has 0 saturated carbocycles. The van der Waals surface area contributed by atoms with Crippen LogP contribution < -0.4 is 4.72 Å². The first-order valence-electron chi connectivity index (χ1n) is 3.49. The largest absolute Gasteiger partial charge is 0.357 e. The molecule has 0 aliphatic carbocycles. The maximum Gasteiger partial charge on any atom is 0.357 e. The van der Waals surface area contributed by atoms with Gasteiger partial charge in [-0.05, 0) is 17.7 Å². The monoisotopic (exact) mass is 199 g/mol. The fraction of sp³-hybridized carbons (Fsp3) is 0. The van der Waals surface area contributed by atoms with E-state index in [0.717, 1.165) is 5.56 Å². The first-order valence-corrected chi connectivity index (χ1v) is 4.93. The Labute approximate surface area is 76.8 Å². The number of benzene rings is 1. The van der Waals surface area contributed by atoms with Gasteiger partial charge in [0.05, 0.1) is 5.69 Å². The van der Waals surface area contributed by atoms with Crippen molar-refractivity contribution >= 4 is 22.1 Å². The number of hydrogen-bond acceptors (Lipinski definition) is 2. The molecule has 70 valence electrons. The number of anilines is 1. The van der Waals surface area contributed by atoms with Crippen molar-refractivity contribution in [3.63, 3.8) is 0 Å². The van der Waals surface area contributed by atoms with E-state index in [1.54, 1.807) is 18.2 Å². The van der Waals surface area contributed by atoms with Gasteiger partial charge in [0.2, 0.25) is 0 Å². The van der Waals surface area contributed by atoms with Gasteiger partial charge in [-0.2, -0.15) is 8.42 Å². The van der Waals surface area contributed by atoms with E-state index < -0.39 is 10.3 Å². The second-order valence-electron chi connectivity index (χ2n) is 2.40. The van der Waals surface area contributed by atoms with Crippen molar-refractivity contribution in [2.45, 2.75) is 0 Å². The molecule has 0 radical (unpaired) electrons. The minimum absolute atomic E-state index is 0.313. The van der Waals surface area contributed by atoms with Crippen molar-refractivity contribution in [2.24, 2.45) is 0 Å². The highest BCUT2D eigenvalue weighted by atomic mass is 32.2. The van der Waals surface area contributed by atoms with Crippen molar-refractivity contribution < 1.29 is 13.0 Å². The molecule has 0 bridgehead atoms. The third kappa shape index (κ3) is 3.27. The lowest BCUT2D eigenvalue weighted by atomic mass is 10.2. The summed E-state index contributed by atoms with van der Waals surface area (Å²) < 4.78 is 31.1. The first-order chi connectivity index (χ1) is 6.01. The van der Waals surface area contributed by atoms with Crippen LogP contribution in [0.2, 0.25) is 0 Å². The van der Waals surface area contributed by atoms with E-state index in [1.807, 2.05) is 4.72 Å². The predicted octanol–water partition coefficient (Wildman–Crippen LogP) is 1.54. The smallest absolute Gasteiger partial charge is 0.269 e. The fourth-order valence-electron chi connectivity index (χ4n) is 0.836. The number of hydrogen-bond donors (Lipinski definition) is 2. The zero-order valence-corrected chi connectivity index (χ0v) is 7.58. The Morgan fingerprint density at radius 3 is 2.23 bits per heavy atom. The quantitative estimate of drug-likeness (QED) is 0.726. The summed E-state index contributed by atoms with van der Waals surface area (Å²) in [5, 5.41) is 0. The average molecular weight is 199 g/mol. The van der Waals surface area contributed by atoms with Gasteiger partial charge in [0.1, 0.15) is 0 Å². The van der Waals surface area contributed by atoms with E-state index in [2.05, 4.69) is 6.58 Å². The van der Waals surface area contributed by atoms with Crippen LogP contribution in [0.25, 0.3) is 6.08 Å². The van der Waals surface area contributed by atoms with Crippen molar-refractivity contribution in [3.8, 4) is 0 Å². The van der Waals surface area contributed by atoms with E-state index in [4.69, 9.17) is 4.55 Å². The van der Waals surface area contributed by atoms with Gasteiger partial charge in [-0.1, -0.05) is 24.8 Å². The van der Waals surface area contributed by atoms with Gasteiger partial charge in [-0.15, -0.1) is 0 Å². The third-order valence-electron chi connectivity index (χ3n) is 1.39. The standard InChI is InChI=1S/C8H9NO3S/c1-2-7-3-5-8(6-4-7)9-13(10,11)12/h2-6,9H,1H2,(H,10,11,12). The normalized spacial score (nSPS) is 10.8. The molecule has 1 aromatic rings. The molecule has 0 saturated heterocycles. The molecule has 0 fully saturated rings. The van der Waals surface area contributed by atoms with E-state index in [9.17, 15) is 8.42 Å². The molecule has 0 atom stereocenters. The van der Waals surface area contributed by atoms with E-state index >= 15 is 0 Å². The number of rotatable bonds is 3. The molecular weight excluding hydrogens is 190 g/mol. The van der Waals surface area contributed by atoms with Crippen molar-refractivity contribution in [3.05, 3.63) is 36.4 Å². The predicted molar refractivity (Wildman–Crippen MR) is 51.7 cm³/mol. The first kappa shape index (κ1) is 9.76. The van der Waals surface area contributed by atoms with E-state index in [0.29, 0.717) is 5.69 Å². The van der Waals surface area contributed by atoms with Gasteiger partial charge in [-0.25, -0.2) is 0 Å². The molecule has 0 unspecified atom stereocenters. The molecule has 0 aromatic heterocycles. The van der Waals surface area contributed by atoms with Crippen molar-refractivity contribution in [1.29, 1.82) is 0 Å². The summed E-state index contributed by atoms with van der Waals surface area (Å²) in [7, 11) is -4.17. The third-order valence-corrected chi connectivity index (χ3v) is 1.89. The molecule has 0 amide bonds. The van der Waals surface area contributed by atoms with E-state index in [-0.39, 0.29) is 0 Å². The maximum absolute atomic E-state index is 10.4. The highest BCUT2D eigenvalue weighted by molar-refractivity contribution is 7.87. The van der Waals surface area contributed by atoms with Crippen LogP contribution in [0.1, 0.15) is 5.56 Å². The van der Waals surface area contributed by atoms with Crippen LogP contribution in [-0.2, 0) is 10.3 Å². The zero-order valence-electron chi connectivity index (χ0n) is 6.77. The molecule has 0 spiro atoms. The summed E-state index contributed by atoms with van der Waals surface area (Å²) in [6, 6.07) is 6.43. The maximum atomic E-state index is 10.4. The fourth-order valence-corrected chi connectivity index (χ4v) is 1.27. The molecule has 4 nitrogen and oxygen atoms in total. The number of nitrogens with one attached hydrogen (secondary N) is 1. The van der Waals surface area contributed by atoms with Gasteiger partial charge >= 0.3 is 10.3 Å². The lowest BCUT2D eigenvalue weighted by Gasteiger charge is -2.01. The Kier molecular flexibility index (Phi) is 2.69. The molecule has 5 heteroatoms. The average Bonchev–Trinajstić information content (AvgIpc) is 2.03. The van der Waals surface area contributed by atoms with Crippen LogP contribution >= 0.6 is 0 Å². The van der Waals surface area contributed by atoms with Crippen molar-refractivity contribution in [2.75, 3.05) is 4.72 Å². The highest BCUT2D eigenvalue weighted by Gasteiger charge is 2.02. The zero-order chi connectivity index (χ0) is 9.90. The summed E-state index contributed by atoms with van der Waals surface area (Å²) in [6.45, 7) is 3.55. The van der Waals surface area contributed by atoms with Crippen molar-refractivity contribution in [1.82, 2.24) is 0 Å². The lowest BCUT2D eigenvalue weighted by Crippen LogP contribution is -2.09. The molecule has 0 aliphatic rings. The molecular formula is C8H9NO3S. The van der Waals surface area contributed by atoms with Crippen LogP contribution in [0.4, 0.5) is 5.69 Å². The van der Waals surface area contributed by atoms with Gasteiger partial charge < -0.3 is 0 Å². The van der Waals surface area contributed by atoms with Crippen LogP contribution in [0.3, 0.4) is 0 Å². The van der Waals surface area contributed by atoms with Crippen LogP contribution in [0, 0.1) is 0 Å². The molecule has 13 heavy (non-hydrogen) atoms. The van der Waals surface area contributed by atoms with Gasteiger partial charge in [-0.3, -0.25) is 9.27 Å². The lowest BCUT2D eigenvalue weighted by molar-refractivity contribution is 0.490. The minimum atomic E-state index is -4.17. The van der Waals surface area contributed by atoms with Gasteiger partial charge in [0.25, 0.3) is 0 Å². The Bertz CT molecular complexity index is 394. The summed E-state index contributed by atoms with van der Waals surface area (Å²) in [5.41, 5.74) is 1.19. The molecule has 0 aliphatic heterocycles. The summed E-state index contributed by atoms with van der Waals surface area (Å²) >= 11 is 0. The SMILES string of the molecule is C=Cc1ccc(NS(=O)(=O)O)cc1. The van der Waals surface area contributed by atoms with E-state index in [1.165, 1.54) is 12.1 Å². The Balaban J connectivity index is 2.87. The summed E-state index contributed by atoms with van der Waals surface area (Å²) in [4.78, 5) is 0. The minimum Gasteiger partial charge on any atom is -0.269 e. The van der Waals surface area contributed by atoms with Gasteiger partial charge in [0.15, 0.2) is 0 Å². The second-order valence-corrected chi connectivity index (χ2v) is 3.56. The van der Waals surface area contributed by atoms with Crippen LogP contribution in [-0.4, -0.2) is 13.0 Å². The van der Waals surface area contributed by atoms with Crippen LogP contribution in [0.15, 0.2) is 30.8 Å². The Morgan fingerprint density at radius 1 is 1.31 bits per heavy atom. The molecule has 1 rings (SSSR count). The van der Waals surface area contributed by atoms with Gasteiger partial charge in [0, 0.05) is 0 Å². The highest BCUT2D eigenvalue weighted by Crippen LogP contribution is 2.10. The summed E-state index contributed by atoms with van der Waals surface area (Å²) in [6.07, 6.45) is 1.64. The topological polar surface area (TPSA) is 66.4 Å². The molecule has 1 aromatic carbocycles. The molecule has 0 heterocycles. The Hall–Kier alpha value is -1.33. The Morgan fingerprint density at radius 2 is 1.85 bits per heavy atom. The van der Waals surface area contributed by atoms with Crippen LogP contribution in [0.5, 0.6) is 0 Å². The molecule has 2 N–H and O–H groups in total. The summed E-state index contributed by atoms with van der Waals surface area (Å²) in [5.74, 6) is 0.